The van der Waals surface area contributed by atoms with Crippen LogP contribution in [0.4, 0.5) is 42.1 Å². The molecule has 0 bridgehead atoms. The van der Waals surface area contributed by atoms with Crippen molar-refractivity contribution in [3.63, 3.8) is 0 Å². The van der Waals surface area contributed by atoms with E-state index in [0.29, 0.717) is 47.3 Å². The molecule has 1 saturated heterocycles. The lowest BCUT2D eigenvalue weighted by molar-refractivity contribution is -0.137. The molecule has 10 nitrogen and oxygen atoms in total. The molecule has 1 aliphatic rings. The summed E-state index contributed by atoms with van der Waals surface area (Å²) in [6, 6.07) is 18.1. The van der Waals surface area contributed by atoms with Gasteiger partial charge in [-0.25, -0.2) is 9.97 Å². The highest BCUT2D eigenvalue weighted by Gasteiger charge is 2.30. The second kappa shape index (κ2) is 11.6. The number of carbonyl (C=O) groups excluding carboxylic acids is 1. The fourth-order valence-corrected chi connectivity index (χ4v) is 4.93. The summed E-state index contributed by atoms with van der Waals surface area (Å²) < 4.78 is 41.0. The Bertz CT molecular complexity index is 1710. The number of rotatable bonds is 7. The molecule has 0 atom stereocenters. The number of aromatic nitrogens is 5. The molecule has 1 fully saturated rings. The van der Waals surface area contributed by atoms with Crippen molar-refractivity contribution in [3.8, 4) is 0 Å². The Morgan fingerprint density at radius 1 is 0.860 bits per heavy atom. The topological polar surface area (TPSA) is 104 Å². The number of imidazole rings is 1. The summed E-state index contributed by atoms with van der Waals surface area (Å²) >= 11 is 0. The van der Waals surface area contributed by atoms with E-state index in [9.17, 15) is 18.0 Å². The van der Waals surface area contributed by atoms with Gasteiger partial charge < -0.3 is 25.0 Å². The second-order valence-corrected chi connectivity index (χ2v) is 10.2. The van der Waals surface area contributed by atoms with Crippen LogP contribution in [0.1, 0.15) is 18.1 Å². The third-order valence-corrected chi connectivity index (χ3v) is 7.09. The lowest BCUT2D eigenvalue weighted by atomic mass is 10.1. The van der Waals surface area contributed by atoms with Crippen molar-refractivity contribution in [2.75, 3.05) is 46.6 Å². The Morgan fingerprint density at radius 2 is 1.56 bits per heavy atom. The van der Waals surface area contributed by atoms with Crippen LogP contribution in [0.3, 0.4) is 0 Å². The number of alkyl halides is 3. The van der Waals surface area contributed by atoms with Gasteiger partial charge in [-0.15, -0.1) is 0 Å². The lowest BCUT2D eigenvalue weighted by Crippen LogP contribution is -2.47. The standard InChI is InChI=1S/C30H28F3N9O/c1-20(43)36-23-9-11-24(12-10-23)37-27-26-28(42(19-35-26)18-21-5-7-22(8-6-21)30(31,32)33)39-29(38-27)41-16-14-40(15-17-41)25-4-2-3-13-34-25/h2-13,19H,14-18H2,1H3,(H,36,43)(H,37,38,39). The van der Waals surface area contributed by atoms with Crippen LogP contribution in [-0.4, -0.2) is 56.6 Å². The van der Waals surface area contributed by atoms with Gasteiger partial charge in [0.05, 0.1) is 18.4 Å². The number of piperazine rings is 1. The van der Waals surface area contributed by atoms with Gasteiger partial charge in [0, 0.05) is 50.7 Å². The van der Waals surface area contributed by atoms with E-state index >= 15 is 0 Å². The van der Waals surface area contributed by atoms with E-state index in [1.165, 1.54) is 19.1 Å². The van der Waals surface area contributed by atoms with Gasteiger partial charge in [-0.1, -0.05) is 18.2 Å². The maximum absolute atomic E-state index is 13.1. The van der Waals surface area contributed by atoms with E-state index in [4.69, 9.17) is 9.97 Å². The first-order chi connectivity index (χ1) is 20.7. The Hall–Kier alpha value is -5.20. The van der Waals surface area contributed by atoms with Gasteiger partial charge in [-0.2, -0.15) is 23.1 Å². The number of hydrogen-bond donors (Lipinski definition) is 2. The van der Waals surface area contributed by atoms with Gasteiger partial charge >= 0.3 is 6.18 Å². The van der Waals surface area contributed by atoms with Gasteiger partial charge in [0.1, 0.15) is 5.82 Å². The summed E-state index contributed by atoms with van der Waals surface area (Å²) in [4.78, 5) is 34.4. The van der Waals surface area contributed by atoms with Crippen LogP contribution in [0.15, 0.2) is 79.3 Å². The normalized spacial score (nSPS) is 13.8. The van der Waals surface area contributed by atoms with Crippen molar-refractivity contribution in [3.05, 3.63) is 90.4 Å². The minimum absolute atomic E-state index is 0.162. The van der Waals surface area contributed by atoms with Crippen molar-refractivity contribution in [2.45, 2.75) is 19.6 Å². The highest BCUT2D eigenvalue weighted by atomic mass is 19.4. The molecule has 0 saturated carbocycles. The molecular formula is C30H28F3N9O. The second-order valence-electron chi connectivity index (χ2n) is 10.2. The SMILES string of the molecule is CC(=O)Nc1ccc(Nc2nc(N3CCN(c4ccccn4)CC3)nc3c2ncn3Cc2ccc(C(F)(F)F)cc2)cc1. The van der Waals surface area contributed by atoms with Crippen LogP contribution in [0.2, 0.25) is 0 Å². The molecular weight excluding hydrogens is 559 g/mol. The number of hydrogen-bond acceptors (Lipinski definition) is 8. The third kappa shape index (κ3) is 6.35. The minimum Gasteiger partial charge on any atom is -0.353 e. The van der Waals surface area contributed by atoms with Crippen LogP contribution in [-0.2, 0) is 17.5 Å². The van der Waals surface area contributed by atoms with E-state index in [-0.39, 0.29) is 12.5 Å². The molecule has 220 valence electrons. The summed E-state index contributed by atoms with van der Waals surface area (Å²) in [6.07, 6.45) is -1.01. The molecule has 5 aromatic rings. The Kier molecular flexibility index (Phi) is 7.53. The van der Waals surface area contributed by atoms with Gasteiger partial charge in [0.2, 0.25) is 11.9 Å². The Balaban J connectivity index is 1.31. The fraction of sp³-hybridized carbons (Fsp3) is 0.233. The first-order valence-electron chi connectivity index (χ1n) is 13.7. The molecule has 1 amide bonds. The smallest absolute Gasteiger partial charge is 0.353 e. The highest BCUT2D eigenvalue weighted by Crippen LogP contribution is 2.30. The number of amides is 1. The van der Waals surface area contributed by atoms with Crippen molar-refractivity contribution in [1.29, 1.82) is 0 Å². The van der Waals surface area contributed by atoms with Crippen molar-refractivity contribution < 1.29 is 18.0 Å². The zero-order chi connectivity index (χ0) is 30.0. The van der Waals surface area contributed by atoms with Crippen molar-refractivity contribution in [2.24, 2.45) is 0 Å². The lowest BCUT2D eigenvalue weighted by Gasteiger charge is -2.35. The number of anilines is 5. The maximum Gasteiger partial charge on any atom is 0.416 e. The number of halogens is 3. The summed E-state index contributed by atoms with van der Waals surface area (Å²) in [5.74, 6) is 1.76. The Morgan fingerprint density at radius 3 is 2.21 bits per heavy atom. The molecule has 43 heavy (non-hydrogen) atoms. The van der Waals surface area contributed by atoms with Crippen LogP contribution < -0.4 is 20.4 Å². The number of carbonyl (C=O) groups is 1. The summed E-state index contributed by atoms with van der Waals surface area (Å²) in [5.41, 5.74) is 2.45. The average molecular weight is 588 g/mol. The zero-order valence-corrected chi connectivity index (χ0v) is 23.2. The molecule has 2 N–H and O–H groups in total. The molecule has 0 unspecified atom stereocenters. The largest absolute Gasteiger partial charge is 0.416 e. The third-order valence-electron chi connectivity index (χ3n) is 7.09. The van der Waals surface area contributed by atoms with E-state index in [1.807, 2.05) is 30.3 Å². The average Bonchev–Trinajstić information content (AvgIpc) is 3.41. The summed E-state index contributed by atoms with van der Waals surface area (Å²) in [7, 11) is 0. The van der Waals surface area contributed by atoms with E-state index < -0.39 is 11.7 Å². The number of nitrogens with zero attached hydrogens (tertiary/aromatic N) is 7. The molecule has 0 aliphatic carbocycles. The van der Waals surface area contributed by atoms with Gasteiger partial charge in [0.15, 0.2) is 17.0 Å². The van der Waals surface area contributed by atoms with Crippen LogP contribution in [0, 0.1) is 0 Å². The number of nitrogens with one attached hydrogen (secondary N) is 2. The van der Waals surface area contributed by atoms with Crippen LogP contribution >= 0.6 is 0 Å². The maximum atomic E-state index is 13.1. The van der Waals surface area contributed by atoms with Gasteiger partial charge in [-0.3, -0.25) is 4.79 Å². The molecule has 3 aromatic heterocycles. The predicted molar refractivity (Wildman–Crippen MR) is 159 cm³/mol. The van der Waals surface area contributed by atoms with E-state index in [1.54, 1.807) is 29.2 Å². The fourth-order valence-electron chi connectivity index (χ4n) is 4.93. The molecule has 4 heterocycles. The van der Waals surface area contributed by atoms with E-state index in [0.717, 1.165) is 36.7 Å². The molecule has 6 rings (SSSR count). The van der Waals surface area contributed by atoms with Crippen LogP contribution in [0.25, 0.3) is 11.2 Å². The first kappa shape index (κ1) is 27.9. The molecule has 2 aromatic carbocycles. The first-order valence-corrected chi connectivity index (χ1v) is 13.7. The monoisotopic (exact) mass is 587 g/mol. The van der Waals surface area contributed by atoms with Crippen molar-refractivity contribution >= 4 is 46.0 Å². The number of benzene rings is 2. The number of fused-ring (bicyclic) bond motifs is 1. The highest BCUT2D eigenvalue weighted by molar-refractivity contribution is 5.89. The van der Waals surface area contributed by atoms with E-state index in [2.05, 4.69) is 30.4 Å². The molecule has 0 spiro atoms. The zero-order valence-electron chi connectivity index (χ0n) is 23.2. The van der Waals surface area contributed by atoms with Gasteiger partial charge in [-0.05, 0) is 54.1 Å². The summed E-state index contributed by atoms with van der Waals surface area (Å²) in [5, 5.41) is 6.08. The van der Waals surface area contributed by atoms with Crippen molar-refractivity contribution in [1.82, 2.24) is 24.5 Å². The number of pyridine rings is 1. The quantitative estimate of drug-likeness (QED) is 0.264. The Labute approximate surface area is 245 Å². The van der Waals surface area contributed by atoms with Crippen LogP contribution in [0.5, 0.6) is 0 Å². The predicted octanol–water partition coefficient (Wildman–Crippen LogP) is 5.32. The van der Waals surface area contributed by atoms with Gasteiger partial charge in [0.25, 0.3) is 0 Å². The summed E-state index contributed by atoms with van der Waals surface area (Å²) in [6.45, 7) is 4.53. The molecule has 0 radical (unpaired) electrons. The molecule has 13 heteroatoms. The molecule has 1 aliphatic heterocycles. The minimum atomic E-state index is -4.40.